The second-order valence-electron chi connectivity index (χ2n) is 4.54. The lowest BCUT2D eigenvalue weighted by Crippen LogP contribution is -2.14. The van der Waals surface area contributed by atoms with Gasteiger partial charge in [0.15, 0.2) is 11.5 Å². The number of aryl methyl sites for hydroxylation is 1. The molecular weight excluding hydrogens is 246 g/mol. The molecule has 0 bridgehead atoms. The van der Waals surface area contributed by atoms with E-state index in [0.717, 1.165) is 29.9 Å². The van der Waals surface area contributed by atoms with Gasteiger partial charge in [0.25, 0.3) is 0 Å². The Morgan fingerprint density at radius 2 is 2.42 bits per heavy atom. The lowest BCUT2D eigenvalue weighted by molar-refractivity contribution is 0.0285. The molecule has 7 heteroatoms. The van der Waals surface area contributed by atoms with Crippen LogP contribution in [0.3, 0.4) is 0 Å². The van der Waals surface area contributed by atoms with Crippen LogP contribution in [0.5, 0.6) is 0 Å². The third-order valence-electron chi connectivity index (χ3n) is 3.21. The topological polar surface area (TPSA) is 74.1 Å². The van der Waals surface area contributed by atoms with Crippen LogP contribution < -0.4 is 5.32 Å². The summed E-state index contributed by atoms with van der Waals surface area (Å²) in [6.07, 6.45) is 2.85. The van der Waals surface area contributed by atoms with Crippen LogP contribution in [-0.4, -0.2) is 46.1 Å². The summed E-state index contributed by atoms with van der Waals surface area (Å²) in [5.74, 6) is 1.44. The molecule has 19 heavy (non-hydrogen) atoms. The second kappa shape index (κ2) is 5.10. The van der Waals surface area contributed by atoms with Gasteiger partial charge in [-0.15, -0.1) is 0 Å². The Labute approximate surface area is 110 Å². The Hall–Kier alpha value is -1.73. The number of ether oxygens (including phenoxy) is 2. The molecule has 1 aliphatic heterocycles. The number of hydrogen-bond acceptors (Lipinski definition) is 6. The molecular formula is C12H17N5O2. The summed E-state index contributed by atoms with van der Waals surface area (Å²) in [6.45, 7) is 1.82. The van der Waals surface area contributed by atoms with Gasteiger partial charge in [0.1, 0.15) is 12.4 Å². The van der Waals surface area contributed by atoms with E-state index in [9.17, 15) is 0 Å². The van der Waals surface area contributed by atoms with Crippen LogP contribution in [0.4, 0.5) is 5.82 Å². The molecule has 0 amide bonds. The van der Waals surface area contributed by atoms with Gasteiger partial charge in [-0.25, -0.2) is 9.97 Å². The van der Waals surface area contributed by atoms with E-state index in [1.165, 1.54) is 0 Å². The highest BCUT2D eigenvalue weighted by atomic mass is 16.5. The number of aromatic nitrogens is 4. The first-order valence-corrected chi connectivity index (χ1v) is 6.33. The minimum Gasteiger partial charge on any atom is -0.379 e. The average Bonchev–Trinajstić information content (AvgIpc) is 3.06. The molecule has 7 nitrogen and oxygen atoms in total. The lowest BCUT2D eigenvalue weighted by Gasteiger charge is -2.10. The van der Waals surface area contributed by atoms with Crippen molar-refractivity contribution in [3.05, 3.63) is 12.0 Å². The number of nitrogens with zero attached hydrogens (tertiary/aromatic N) is 4. The Bertz CT molecular complexity index is 577. The normalized spacial score (nSPS) is 19.2. The zero-order chi connectivity index (χ0) is 13.2. The van der Waals surface area contributed by atoms with Gasteiger partial charge in [-0.2, -0.15) is 5.10 Å². The summed E-state index contributed by atoms with van der Waals surface area (Å²) in [5.41, 5.74) is 0.806. The smallest absolute Gasteiger partial charge is 0.163 e. The van der Waals surface area contributed by atoms with Crippen molar-refractivity contribution < 1.29 is 9.47 Å². The van der Waals surface area contributed by atoms with Crippen molar-refractivity contribution in [2.75, 3.05) is 25.6 Å². The largest absolute Gasteiger partial charge is 0.379 e. The quantitative estimate of drug-likeness (QED) is 0.875. The molecule has 0 aromatic carbocycles. The van der Waals surface area contributed by atoms with Crippen LogP contribution in [0.15, 0.2) is 6.20 Å². The monoisotopic (exact) mass is 263 g/mol. The third kappa shape index (κ3) is 2.39. The molecule has 1 unspecified atom stereocenters. The Balaban J connectivity index is 1.84. The van der Waals surface area contributed by atoms with E-state index in [0.29, 0.717) is 19.0 Å². The highest BCUT2D eigenvalue weighted by Gasteiger charge is 2.17. The Morgan fingerprint density at radius 3 is 3.16 bits per heavy atom. The van der Waals surface area contributed by atoms with E-state index < -0.39 is 0 Å². The number of rotatable bonds is 4. The van der Waals surface area contributed by atoms with Gasteiger partial charge in [-0.3, -0.25) is 4.68 Å². The van der Waals surface area contributed by atoms with E-state index in [-0.39, 0.29) is 6.10 Å². The molecule has 3 heterocycles. The van der Waals surface area contributed by atoms with Gasteiger partial charge in [0, 0.05) is 20.7 Å². The maximum atomic E-state index is 5.75. The zero-order valence-electron chi connectivity index (χ0n) is 11.1. The SMILES string of the molecule is CNc1nc(COC2CCOC2)nc2c1cnn2C. The lowest BCUT2D eigenvalue weighted by atomic mass is 10.3. The van der Waals surface area contributed by atoms with Crippen LogP contribution in [0.2, 0.25) is 0 Å². The summed E-state index contributed by atoms with van der Waals surface area (Å²) >= 11 is 0. The maximum Gasteiger partial charge on any atom is 0.163 e. The fourth-order valence-corrected chi connectivity index (χ4v) is 2.16. The molecule has 1 aliphatic rings. The van der Waals surface area contributed by atoms with E-state index in [4.69, 9.17) is 9.47 Å². The first kappa shape index (κ1) is 12.3. The summed E-state index contributed by atoms with van der Waals surface area (Å²) in [7, 11) is 3.70. The minimum atomic E-state index is 0.156. The summed E-state index contributed by atoms with van der Waals surface area (Å²) in [6, 6.07) is 0. The molecule has 102 valence electrons. The maximum absolute atomic E-state index is 5.75. The van der Waals surface area contributed by atoms with E-state index >= 15 is 0 Å². The molecule has 2 aromatic heterocycles. The van der Waals surface area contributed by atoms with Gasteiger partial charge < -0.3 is 14.8 Å². The Morgan fingerprint density at radius 1 is 1.53 bits per heavy atom. The number of anilines is 1. The fourth-order valence-electron chi connectivity index (χ4n) is 2.16. The van der Waals surface area contributed by atoms with Gasteiger partial charge >= 0.3 is 0 Å². The fraction of sp³-hybridized carbons (Fsp3) is 0.583. The highest BCUT2D eigenvalue weighted by molar-refractivity contribution is 5.86. The van der Waals surface area contributed by atoms with Crippen LogP contribution in [0.25, 0.3) is 11.0 Å². The average molecular weight is 263 g/mol. The molecule has 0 aliphatic carbocycles. The van der Waals surface area contributed by atoms with Gasteiger partial charge in [-0.1, -0.05) is 0 Å². The molecule has 1 saturated heterocycles. The van der Waals surface area contributed by atoms with Crippen molar-refractivity contribution in [1.29, 1.82) is 0 Å². The van der Waals surface area contributed by atoms with E-state index in [1.807, 2.05) is 14.1 Å². The van der Waals surface area contributed by atoms with E-state index in [2.05, 4.69) is 20.4 Å². The van der Waals surface area contributed by atoms with Crippen molar-refractivity contribution >= 4 is 16.9 Å². The van der Waals surface area contributed by atoms with Crippen molar-refractivity contribution in [2.24, 2.45) is 7.05 Å². The van der Waals surface area contributed by atoms with Gasteiger partial charge in [0.2, 0.25) is 0 Å². The summed E-state index contributed by atoms with van der Waals surface area (Å²) in [4.78, 5) is 8.94. The predicted molar refractivity (Wildman–Crippen MR) is 69.9 cm³/mol. The summed E-state index contributed by atoms with van der Waals surface area (Å²) < 4.78 is 12.8. The number of nitrogens with one attached hydrogen (secondary N) is 1. The van der Waals surface area contributed by atoms with Crippen LogP contribution in [0, 0.1) is 0 Å². The van der Waals surface area contributed by atoms with Gasteiger partial charge in [0.05, 0.1) is 24.3 Å². The van der Waals surface area contributed by atoms with Crippen LogP contribution >= 0.6 is 0 Å². The van der Waals surface area contributed by atoms with Crippen LogP contribution in [-0.2, 0) is 23.1 Å². The third-order valence-corrected chi connectivity index (χ3v) is 3.21. The van der Waals surface area contributed by atoms with Crippen LogP contribution in [0.1, 0.15) is 12.2 Å². The van der Waals surface area contributed by atoms with Crippen molar-refractivity contribution in [3.63, 3.8) is 0 Å². The highest BCUT2D eigenvalue weighted by Crippen LogP contribution is 2.19. The zero-order valence-corrected chi connectivity index (χ0v) is 11.1. The summed E-state index contributed by atoms with van der Waals surface area (Å²) in [5, 5.41) is 8.18. The molecule has 1 fully saturated rings. The second-order valence-corrected chi connectivity index (χ2v) is 4.54. The number of hydrogen-bond donors (Lipinski definition) is 1. The standard InChI is InChI=1S/C12H17N5O2/c1-13-11-9-5-14-17(2)12(9)16-10(15-11)7-19-8-3-4-18-6-8/h5,8H,3-4,6-7H2,1-2H3,(H,13,15,16). The molecule has 3 rings (SSSR count). The predicted octanol–water partition coefficient (Wildman–Crippen LogP) is 0.710. The Kier molecular flexibility index (Phi) is 3.31. The molecule has 0 spiro atoms. The molecule has 1 atom stereocenters. The first-order chi connectivity index (χ1) is 9.28. The van der Waals surface area contributed by atoms with Crippen molar-refractivity contribution in [3.8, 4) is 0 Å². The number of fused-ring (bicyclic) bond motifs is 1. The minimum absolute atomic E-state index is 0.156. The molecule has 0 saturated carbocycles. The van der Waals surface area contributed by atoms with E-state index in [1.54, 1.807) is 10.9 Å². The van der Waals surface area contributed by atoms with Crippen molar-refractivity contribution in [2.45, 2.75) is 19.1 Å². The van der Waals surface area contributed by atoms with Crippen molar-refractivity contribution in [1.82, 2.24) is 19.7 Å². The molecule has 0 radical (unpaired) electrons. The molecule has 2 aromatic rings. The van der Waals surface area contributed by atoms with Gasteiger partial charge in [-0.05, 0) is 6.42 Å². The first-order valence-electron chi connectivity index (χ1n) is 6.33. The molecule has 1 N–H and O–H groups in total.